The second kappa shape index (κ2) is 6.13. The normalized spacial score (nSPS) is 31.2. The summed E-state index contributed by atoms with van der Waals surface area (Å²) in [5, 5.41) is 6.42. The van der Waals surface area contributed by atoms with Crippen molar-refractivity contribution in [3.8, 4) is 0 Å². The number of hydrogen-bond donors (Lipinski definition) is 2. The Morgan fingerprint density at radius 1 is 1.38 bits per heavy atom. The Bertz CT molecular complexity index is 260. The maximum Gasteiger partial charge on any atom is 0.315 e. The van der Waals surface area contributed by atoms with Crippen molar-refractivity contribution in [2.45, 2.75) is 50.4 Å². The Balaban J connectivity index is 0.00000128. The highest BCUT2D eigenvalue weighted by Crippen LogP contribution is 2.33. The van der Waals surface area contributed by atoms with E-state index in [1.807, 2.05) is 11.8 Å². The minimum Gasteiger partial charge on any atom is -0.332 e. The summed E-state index contributed by atoms with van der Waals surface area (Å²) < 4.78 is 0. The number of hydrogen-bond acceptors (Lipinski definition) is 3. The van der Waals surface area contributed by atoms with Gasteiger partial charge < -0.3 is 15.4 Å². The van der Waals surface area contributed by atoms with Crippen molar-refractivity contribution < 1.29 is 9.59 Å². The number of urea groups is 1. The molecule has 2 fully saturated rings. The van der Waals surface area contributed by atoms with Crippen LogP contribution in [-0.2, 0) is 4.79 Å². The molecule has 0 aromatic heterocycles. The molecule has 16 heavy (non-hydrogen) atoms. The van der Waals surface area contributed by atoms with Gasteiger partial charge in [-0.15, -0.1) is 0 Å². The number of carbonyl (C=O) groups excluding carboxylic acids is 2. The zero-order valence-electron chi connectivity index (χ0n) is 8.57. The number of amides is 2. The maximum absolute atomic E-state index is 11.1. The van der Waals surface area contributed by atoms with Gasteiger partial charge in [-0.3, -0.25) is 0 Å². The molecule has 0 aromatic rings. The lowest BCUT2D eigenvalue weighted by atomic mass is 10.0. The van der Waals surface area contributed by atoms with Crippen molar-refractivity contribution >= 4 is 24.1 Å². The van der Waals surface area contributed by atoms with Gasteiger partial charge in [-0.05, 0) is 12.8 Å². The first-order valence-corrected chi connectivity index (χ1v) is 6.48. The molecule has 0 bridgehead atoms. The average molecular weight is 244 g/mol. The number of nitrogens with one attached hydrogen (secondary N) is 2. The summed E-state index contributed by atoms with van der Waals surface area (Å²) in [6.45, 7) is 0. The zero-order chi connectivity index (χ0) is 10.7. The van der Waals surface area contributed by atoms with Gasteiger partial charge in [-0.2, -0.15) is 11.8 Å². The van der Waals surface area contributed by atoms with E-state index in [2.05, 4.69) is 10.6 Å². The van der Waals surface area contributed by atoms with Crippen LogP contribution in [0.15, 0.2) is 0 Å². The van der Waals surface area contributed by atoms with Crippen LogP contribution in [0.25, 0.3) is 0 Å². The third-order valence-corrected chi connectivity index (χ3v) is 4.51. The molecule has 0 aliphatic carbocycles. The topological polar surface area (TPSA) is 58.2 Å². The second-order valence-electron chi connectivity index (χ2n) is 4.07. The third-order valence-electron chi connectivity index (χ3n) is 3.00. The minimum atomic E-state index is -0.0248. The number of fused-ring (bicyclic) bond motifs is 1. The molecule has 2 amide bonds. The van der Waals surface area contributed by atoms with E-state index in [4.69, 9.17) is 0 Å². The van der Waals surface area contributed by atoms with Gasteiger partial charge in [-0.25, -0.2) is 4.79 Å². The second-order valence-corrected chi connectivity index (χ2v) is 5.35. The lowest BCUT2D eigenvalue weighted by Crippen LogP contribution is -2.36. The monoisotopic (exact) mass is 244 g/mol. The molecule has 2 rings (SSSR count). The Labute approximate surface area is 101 Å². The molecule has 0 spiro atoms. The van der Waals surface area contributed by atoms with Crippen molar-refractivity contribution in [1.29, 1.82) is 0 Å². The predicted octanol–water partition coefficient (Wildman–Crippen LogP) is 1.55. The largest absolute Gasteiger partial charge is 0.332 e. The first kappa shape index (κ1) is 13.4. The van der Waals surface area contributed by atoms with Crippen LogP contribution in [0, 0.1) is 0 Å². The lowest BCUT2D eigenvalue weighted by molar-refractivity contribution is -0.107. The minimum absolute atomic E-state index is 0. The molecular formula is C11H20N2O2S. The maximum atomic E-state index is 11.1. The van der Waals surface area contributed by atoms with Crippen LogP contribution in [0.4, 0.5) is 4.79 Å². The van der Waals surface area contributed by atoms with Gasteiger partial charge in [0, 0.05) is 17.4 Å². The fourth-order valence-electron chi connectivity index (χ4n) is 2.22. The number of thioether (sulfide) groups is 1. The first-order chi connectivity index (χ1) is 7.31. The summed E-state index contributed by atoms with van der Waals surface area (Å²) in [5.74, 6) is 1.02. The summed E-state index contributed by atoms with van der Waals surface area (Å²) in [5.41, 5.74) is 0. The standard InChI is InChI=1S/C10H16N2O2S.CH4/c13-5-3-1-2-4-8-9-7(6-15-8)11-10(14)12-9;/h5,7-9H,1-4,6H2,(H2,11,12,14);1H4. The van der Waals surface area contributed by atoms with Crippen LogP contribution in [-0.4, -0.2) is 35.4 Å². The van der Waals surface area contributed by atoms with Crippen LogP contribution in [0.3, 0.4) is 0 Å². The van der Waals surface area contributed by atoms with E-state index in [1.54, 1.807) is 0 Å². The number of aldehydes is 1. The molecule has 92 valence electrons. The van der Waals surface area contributed by atoms with E-state index in [0.717, 1.165) is 31.3 Å². The van der Waals surface area contributed by atoms with E-state index in [0.29, 0.717) is 23.8 Å². The van der Waals surface area contributed by atoms with Gasteiger partial charge in [0.15, 0.2) is 0 Å². The molecule has 2 heterocycles. The van der Waals surface area contributed by atoms with Crippen LogP contribution < -0.4 is 10.6 Å². The van der Waals surface area contributed by atoms with Crippen LogP contribution in [0.1, 0.15) is 33.1 Å². The van der Waals surface area contributed by atoms with Gasteiger partial charge in [0.25, 0.3) is 0 Å². The first-order valence-electron chi connectivity index (χ1n) is 5.43. The Hall–Kier alpha value is -0.710. The summed E-state index contributed by atoms with van der Waals surface area (Å²) in [7, 11) is 0. The van der Waals surface area contributed by atoms with Crippen molar-refractivity contribution in [3.05, 3.63) is 0 Å². The Morgan fingerprint density at radius 2 is 2.19 bits per heavy atom. The van der Waals surface area contributed by atoms with Crippen LogP contribution in [0.2, 0.25) is 0 Å². The Kier molecular flexibility index (Phi) is 5.12. The van der Waals surface area contributed by atoms with Crippen molar-refractivity contribution in [3.63, 3.8) is 0 Å². The molecule has 5 heteroatoms. The van der Waals surface area contributed by atoms with Gasteiger partial charge in [0.05, 0.1) is 12.1 Å². The molecule has 0 radical (unpaired) electrons. The molecule has 0 saturated carbocycles. The van der Waals surface area contributed by atoms with Gasteiger partial charge in [0.2, 0.25) is 0 Å². The molecule has 2 aliphatic rings. The summed E-state index contributed by atoms with van der Waals surface area (Å²) >= 11 is 1.93. The van der Waals surface area contributed by atoms with Crippen molar-refractivity contribution in [1.82, 2.24) is 10.6 Å². The fourth-order valence-corrected chi connectivity index (χ4v) is 3.76. The summed E-state index contributed by atoms with van der Waals surface area (Å²) in [6.07, 6.45) is 4.79. The van der Waals surface area contributed by atoms with Gasteiger partial charge >= 0.3 is 6.03 Å². The highest BCUT2D eigenvalue weighted by molar-refractivity contribution is 8.00. The van der Waals surface area contributed by atoms with Crippen LogP contribution >= 0.6 is 11.8 Å². The van der Waals surface area contributed by atoms with Crippen LogP contribution in [0.5, 0.6) is 0 Å². The molecule has 2 aliphatic heterocycles. The fraction of sp³-hybridized carbons (Fsp3) is 0.818. The van der Waals surface area contributed by atoms with E-state index < -0.39 is 0 Å². The third kappa shape index (κ3) is 2.90. The molecule has 2 saturated heterocycles. The van der Waals surface area contributed by atoms with E-state index in [1.165, 1.54) is 0 Å². The lowest BCUT2D eigenvalue weighted by Gasteiger charge is -2.15. The quantitative estimate of drug-likeness (QED) is 0.438. The van der Waals surface area contributed by atoms with E-state index in [-0.39, 0.29) is 13.5 Å². The SMILES string of the molecule is C.O=CCCCCC1SCC2NC(=O)NC21. The van der Waals surface area contributed by atoms with Gasteiger partial charge in [0.1, 0.15) is 6.29 Å². The Morgan fingerprint density at radius 3 is 2.94 bits per heavy atom. The number of rotatable bonds is 5. The molecule has 2 N–H and O–H groups in total. The van der Waals surface area contributed by atoms with E-state index in [9.17, 15) is 9.59 Å². The predicted molar refractivity (Wildman–Crippen MR) is 66.8 cm³/mol. The van der Waals surface area contributed by atoms with Gasteiger partial charge in [-0.1, -0.05) is 13.8 Å². The molecule has 3 unspecified atom stereocenters. The zero-order valence-corrected chi connectivity index (χ0v) is 9.39. The molecule has 4 nitrogen and oxygen atoms in total. The van der Waals surface area contributed by atoms with Crippen molar-refractivity contribution in [2.24, 2.45) is 0 Å². The smallest absolute Gasteiger partial charge is 0.315 e. The molecule has 3 atom stereocenters. The molecular weight excluding hydrogens is 224 g/mol. The summed E-state index contributed by atoms with van der Waals surface area (Å²) in [4.78, 5) is 21.3. The molecule has 0 aromatic carbocycles. The average Bonchev–Trinajstić information content (AvgIpc) is 2.73. The highest BCUT2D eigenvalue weighted by atomic mass is 32.2. The summed E-state index contributed by atoms with van der Waals surface area (Å²) in [6, 6.07) is 0.598. The number of unbranched alkanes of at least 4 members (excludes halogenated alkanes) is 2. The van der Waals surface area contributed by atoms with Crippen molar-refractivity contribution in [2.75, 3.05) is 5.75 Å². The number of carbonyl (C=O) groups is 2. The highest BCUT2D eigenvalue weighted by Gasteiger charge is 2.42. The van der Waals surface area contributed by atoms with E-state index >= 15 is 0 Å².